The van der Waals surface area contributed by atoms with Gasteiger partial charge in [0.1, 0.15) is 5.75 Å². The maximum Gasteiger partial charge on any atom is 0.162 e. The Hall–Kier alpha value is -2.01. The Morgan fingerprint density at radius 2 is 1.78 bits per heavy atom. The van der Waals surface area contributed by atoms with Crippen LogP contribution in [0.25, 0.3) is 0 Å². The zero-order valence-electron chi connectivity index (χ0n) is 13.1. The van der Waals surface area contributed by atoms with Crippen molar-refractivity contribution >= 4 is 10.8 Å². The first kappa shape index (κ1) is 15.9. The Bertz CT molecular complexity index is 682. The summed E-state index contributed by atoms with van der Waals surface area (Å²) in [7, 11) is 0.585. The number of benzene rings is 2. The van der Waals surface area contributed by atoms with Crippen molar-refractivity contribution in [1.82, 2.24) is 0 Å². The second kappa shape index (κ2) is 7.51. The van der Waals surface area contributed by atoms with E-state index < -0.39 is 10.8 Å². The number of rotatable bonds is 5. The van der Waals surface area contributed by atoms with E-state index in [1.54, 1.807) is 7.11 Å². The molecule has 0 radical (unpaired) electrons. The molecule has 2 aromatic rings. The molecule has 1 heterocycles. The van der Waals surface area contributed by atoms with E-state index in [9.17, 15) is 4.21 Å². The Balaban J connectivity index is 1.64. The number of fused-ring (bicyclic) bond motifs is 1. The van der Waals surface area contributed by atoms with Crippen molar-refractivity contribution in [2.24, 2.45) is 0 Å². The minimum Gasteiger partial charge on any atom is -0.497 e. The van der Waals surface area contributed by atoms with Gasteiger partial charge in [-0.05, 0) is 36.2 Å². The topological polar surface area (TPSA) is 44.8 Å². The maximum atomic E-state index is 12.5. The molecule has 0 amide bonds. The molecule has 0 fully saturated rings. The van der Waals surface area contributed by atoms with E-state index in [2.05, 4.69) is 0 Å². The quantitative estimate of drug-likeness (QED) is 0.843. The van der Waals surface area contributed by atoms with Crippen LogP contribution in [-0.4, -0.2) is 30.3 Å². The molecule has 23 heavy (non-hydrogen) atoms. The third-order valence-corrected chi connectivity index (χ3v) is 5.07. The molecule has 3 rings (SSSR count). The lowest BCUT2D eigenvalue weighted by atomic mass is 10.2. The van der Waals surface area contributed by atoms with Gasteiger partial charge in [0.25, 0.3) is 0 Å². The van der Waals surface area contributed by atoms with Crippen LogP contribution in [-0.2, 0) is 17.2 Å². The van der Waals surface area contributed by atoms with Crippen LogP contribution in [0.2, 0.25) is 0 Å². The molecule has 0 bridgehead atoms. The number of hydrogen-bond acceptors (Lipinski definition) is 4. The van der Waals surface area contributed by atoms with Crippen molar-refractivity contribution in [2.45, 2.75) is 17.7 Å². The van der Waals surface area contributed by atoms with Gasteiger partial charge in [-0.15, -0.1) is 0 Å². The highest BCUT2D eigenvalue weighted by atomic mass is 32.2. The van der Waals surface area contributed by atoms with E-state index in [0.717, 1.165) is 34.8 Å². The molecule has 0 N–H and O–H groups in total. The molecule has 1 aliphatic heterocycles. The summed E-state index contributed by atoms with van der Waals surface area (Å²) in [6, 6.07) is 13.4. The molecule has 0 saturated heterocycles. The zero-order valence-corrected chi connectivity index (χ0v) is 13.9. The molecular formula is C18H20O4S. The second-order valence-corrected chi connectivity index (χ2v) is 6.88. The first-order valence-corrected chi connectivity index (χ1v) is 8.99. The van der Waals surface area contributed by atoms with Crippen LogP contribution in [0.3, 0.4) is 0 Å². The first-order chi connectivity index (χ1) is 11.3. The van der Waals surface area contributed by atoms with Gasteiger partial charge in [-0.25, -0.2) is 0 Å². The SMILES string of the molecule is COc1ccc(CC[S@](=O)c2ccc3c(c2)OCCCO3)cc1. The smallest absolute Gasteiger partial charge is 0.162 e. The minimum atomic E-state index is -1.06. The number of hydrogen-bond donors (Lipinski definition) is 0. The van der Waals surface area contributed by atoms with Gasteiger partial charge in [0.05, 0.1) is 31.1 Å². The Labute approximate surface area is 138 Å². The van der Waals surface area contributed by atoms with E-state index in [1.165, 1.54) is 0 Å². The van der Waals surface area contributed by atoms with Crippen molar-refractivity contribution < 1.29 is 18.4 Å². The Morgan fingerprint density at radius 1 is 1.04 bits per heavy atom. The molecule has 5 heteroatoms. The van der Waals surface area contributed by atoms with Crippen molar-refractivity contribution in [1.29, 1.82) is 0 Å². The lowest BCUT2D eigenvalue weighted by molar-refractivity contribution is 0.297. The number of aryl methyl sites for hydroxylation is 1. The van der Waals surface area contributed by atoms with Gasteiger partial charge >= 0.3 is 0 Å². The summed E-state index contributed by atoms with van der Waals surface area (Å²) >= 11 is 0. The van der Waals surface area contributed by atoms with Crippen LogP contribution >= 0.6 is 0 Å². The molecule has 0 aliphatic carbocycles. The molecular weight excluding hydrogens is 312 g/mol. The summed E-state index contributed by atoms with van der Waals surface area (Å²) in [5.74, 6) is 2.83. The molecule has 0 spiro atoms. The first-order valence-electron chi connectivity index (χ1n) is 7.67. The van der Waals surface area contributed by atoms with Crippen LogP contribution in [0.4, 0.5) is 0 Å². The van der Waals surface area contributed by atoms with Crippen molar-refractivity contribution in [3.05, 3.63) is 48.0 Å². The predicted molar refractivity (Wildman–Crippen MR) is 90.0 cm³/mol. The molecule has 2 aromatic carbocycles. The van der Waals surface area contributed by atoms with Crippen LogP contribution in [0, 0.1) is 0 Å². The average molecular weight is 332 g/mol. The number of ether oxygens (including phenoxy) is 3. The van der Waals surface area contributed by atoms with E-state index in [0.29, 0.717) is 24.7 Å². The molecule has 122 valence electrons. The summed E-state index contributed by atoms with van der Waals surface area (Å²) in [6.07, 6.45) is 1.62. The lowest BCUT2D eigenvalue weighted by Gasteiger charge is -2.09. The standard InChI is InChI=1S/C18H20O4S/c1-20-15-5-3-14(4-6-15)9-12-23(19)16-7-8-17-18(13-16)22-11-2-10-21-17/h3-8,13H,2,9-12H2,1H3/t23-/m0/s1. The lowest BCUT2D eigenvalue weighted by Crippen LogP contribution is -2.02. The largest absolute Gasteiger partial charge is 0.497 e. The fraction of sp³-hybridized carbons (Fsp3) is 0.333. The molecule has 4 nitrogen and oxygen atoms in total. The summed E-state index contributed by atoms with van der Waals surface area (Å²) in [5.41, 5.74) is 1.15. The van der Waals surface area contributed by atoms with Crippen molar-refractivity contribution in [3.8, 4) is 17.2 Å². The highest BCUT2D eigenvalue weighted by Crippen LogP contribution is 2.31. The van der Waals surface area contributed by atoms with Crippen molar-refractivity contribution in [3.63, 3.8) is 0 Å². The van der Waals surface area contributed by atoms with Gasteiger partial charge in [0.2, 0.25) is 0 Å². The third kappa shape index (κ3) is 4.05. The normalized spacial score (nSPS) is 14.8. The summed E-state index contributed by atoms with van der Waals surface area (Å²) in [5, 5.41) is 0. The average Bonchev–Trinajstić information content (AvgIpc) is 2.84. The van der Waals surface area contributed by atoms with E-state index in [4.69, 9.17) is 14.2 Å². The highest BCUT2D eigenvalue weighted by Gasteiger charge is 2.13. The van der Waals surface area contributed by atoms with Crippen LogP contribution in [0.15, 0.2) is 47.4 Å². The molecule has 0 saturated carbocycles. The molecule has 0 unspecified atom stereocenters. The predicted octanol–water partition coefficient (Wildman–Crippen LogP) is 3.21. The Morgan fingerprint density at radius 3 is 2.52 bits per heavy atom. The third-order valence-electron chi connectivity index (χ3n) is 3.72. The second-order valence-electron chi connectivity index (χ2n) is 5.31. The summed E-state index contributed by atoms with van der Waals surface area (Å²) in [4.78, 5) is 0.780. The van der Waals surface area contributed by atoms with Gasteiger partial charge in [0.15, 0.2) is 11.5 Å². The van der Waals surface area contributed by atoms with Gasteiger partial charge in [-0.3, -0.25) is 4.21 Å². The molecule has 1 aliphatic rings. The van der Waals surface area contributed by atoms with E-state index >= 15 is 0 Å². The highest BCUT2D eigenvalue weighted by molar-refractivity contribution is 7.85. The van der Waals surface area contributed by atoms with Crippen LogP contribution in [0.5, 0.6) is 17.2 Å². The van der Waals surface area contributed by atoms with Crippen molar-refractivity contribution in [2.75, 3.05) is 26.1 Å². The zero-order chi connectivity index (χ0) is 16.1. The summed E-state index contributed by atoms with van der Waals surface area (Å²) < 4.78 is 28.9. The fourth-order valence-electron chi connectivity index (χ4n) is 2.41. The van der Waals surface area contributed by atoms with E-state index in [-0.39, 0.29) is 0 Å². The Kier molecular flexibility index (Phi) is 5.18. The molecule has 0 aromatic heterocycles. The van der Waals surface area contributed by atoms with Gasteiger partial charge in [-0.1, -0.05) is 12.1 Å². The van der Waals surface area contributed by atoms with Gasteiger partial charge in [0, 0.05) is 23.1 Å². The fourth-order valence-corrected chi connectivity index (χ4v) is 3.52. The van der Waals surface area contributed by atoms with Gasteiger partial charge < -0.3 is 14.2 Å². The minimum absolute atomic E-state index is 0.575. The van der Waals surface area contributed by atoms with Crippen LogP contribution in [0.1, 0.15) is 12.0 Å². The molecule has 1 atom stereocenters. The number of methoxy groups -OCH3 is 1. The van der Waals surface area contributed by atoms with E-state index in [1.807, 2.05) is 42.5 Å². The van der Waals surface area contributed by atoms with Gasteiger partial charge in [-0.2, -0.15) is 0 Å². The van der Waals surface area contributed by atoms with Crippen LogP contribution < -0.4 is 14.2 Å². The monoisotopic (exact) mass is 332 g/mol. The summed E-state index contributed by atoms with van der Waals surface area (Å²) in [6.45, 7) is 1.29. The maximum absolute atomic E-state index is 12.5.